The van der Waals surface area contributed by atoms with Gasteiger partial charge in [-0.2, -0.15) is 22.2 Å². The fraction of sp³-hybridized carbons (Fsp3) is 0.406. The summed E-state index contributed by atoms with van der Waals surface area (Å²) in [5, 5.41) is 10.1. The molecule has 49 heavy (non-hydrogen) atoms. The Labute approximate surface area is 295 Å². The highest BCUT2D eigenvalue weighted by Gasteiger charge is 2.44. The molecular weight excluding hydrogens is 706 g/mol. The van der Waals surface area contributed by atoms with Crippen LogP contribution in [0.25, 0.3) is 5.69 Å². The highest BCUT2D eigenvalue weighted by Crippen LogP contribution is 2.40. The van der Waals surface area contributed by atoms with Crippen molar-refractivity contribution in [1.82, 2.24) is 34.3 Å². The molecule has 3 heterocycles. The number of rotatable bonds is 9. The number of halogens is 5. The van der Waals surface area contributed by atoms with E-state index in [2.05, 4.69) is 49.6 Å². The van der Waals surface area contributed by atoms with Gasteiger partial charge in [0.25, 0.3) is 5.82 Å². The van der Waals surface area contributed by atoms with Crippen LogP contribution in [0.5, 0.6) is 11.5 Å². The van der Waals surface area contributed by atoms with Crippen molar-refractivity contribution in [2.24, 2.45) is 0 Å². The molecule has 1 aromatic heterocycles. The number of ether oxygens (including phenoxy) is 2. The average Bonchev–Trinajstić information content (AvgIpc) is 3.56. The zero-order valence-corrected chi connectivity index (χ0v) is 29.5. The van der Waals surface area contributed by atoms with Crippen molar-refractivity contribution in [3.63, 3.8) is 0 Å². The van der Waals surface area contributed by atoms with Gasteiger partial charge < -0.3 is 9.47 Å². The molecule has 11 nitrogen and oxygen atoms in total. The lowest BCUT2D eigenvalue weighted by molar-refractivity contribution is -0.146. The molecule has 0 N–H and O–H groups in total. The van der Waals surface area contributed by atoms with Gasteiger partial charge >= 0.3 is 6.18 Å². The van der Waals surface area contributed by atoms with Gasteiger partial charge in [0.05, 0.1) is 26.0 Å². The zero-order chi connectivity index (χ0) is 33.3. The van der Waals surface area contributed by atoms with E-state index in [1.807, 2.05) is 36.4 Å². The van der Waals surface area contributed by atoms with Crippen LogP contribution in [-0.2, 0) is 22.7 Å². The number of piperazine rings is 2. The predicted octanol–water partition coefficient (Wildman–Crippen LogP) is 4.50. The molecule has 0 saturated carbocycles. The van der Waals surface area contributed by atoms with Gasteiger partial charge in [-0.15, -0.1) is 29.9 Å². The van der Waals surface area contributed by atoms with E-state index in [0.717, 1.165) is 11.1 Å². The topological polar surface area (TPSA) is 106 Å². The van der Waals surface area contributed by atoms with Gasteiger partial charge in [0.2, 0.25) is 10.0 Å². The van der Waals surface area contributed by atoms with Crippen LogP contribution in [0.1, 0.15) is 28.4 Å². The maximum Gasteiger partial charge on any atom is 0.453 e. The number of benzene rings is 3. The lowest BCUT2D eigenvalue weighted by Gasteiger charge is -2.53. The molecule has 0 bridgehead atoms. The Morgan fingerprint density at radius 2 is 1.51 bits per heavy atom. The van der Waals surface area contributed by atoms with Gasteiger partial charge in [-0.3, -0.25) is 9.80 Å². The number of alkyl halides is 3. The minimum Gasteiger partial charge on any atom is -0.496 e. The number of hydrogen-bond donors (Lipinski definition) is 0. The number of nitrogens with zero attached hydrogens (tertiary/aromatic N) is 7. The summed E-state index contributed by atoms with van der Waals surface area (Å²) in [5.74, 6) is -0.754. The quantitative estimate of drug-likeness (QED) is 0.245. The fourth-order valence-electron chi connectivity index (χ4n) is 6.95. The SMILES string of the molecule is COc1ccc(-n2nnnc2C(F)(F)F)c(OC)c1CN1CC(C(c2ccccc2)c2ccccc2)N2CCN(S(C)(=O)=O)C[C@H]2C1.Cl.Cl. The molecule has 2 aliphatic rings. The van der Waals surface area contributed by atoms with Crippen molar-refractivity contribution in [3.8, 4) is 17.2 Å². The molecule has 3 aromatic carbocycles. The monoisotopic (exact) mass is 743 g/mol. The van der Waals surface area contributed by atoms with E-state index >= 15 is 0 Å². The van der Waals surface area contributed by atoms with Crippen LogP contribution in [0.15, 0.2) is 72.8 Å². The molecule has 0 radical (unpaired) electrons. The average molecular weight is 745 g/mol. The van der Waals surface area contributed by atoms with Crippen molar-refractivity contribution in [2.75, 3.05) is 53.2 Å². The molecule has 1 unspecified atom stereocenters. The van der Waals surface area contributed by atoms with E-state index in [1.54, 1.807) is 6.07 Å². The van der Waals surface area contributed by atoms with E-state index in [9.17, 15) is 21.6 Å². The first-order chi connectivity index (χ1) is 22.5. The second-order valence-electron chi connectivity index (χ2n) is 11.8. The van der Waals surface area contributed by atoms with Crippen LogP contribution in [0.2, 0.25) is 0 Å². The van der Waals surface area contributed by atoms with Crippen molar-refractivity contribution in [3.05, 3.63) is 95.3 Å². The van der Waals surface area contributed by atoms with Gasteiger partial charge in [0, 0.05) is 57.3 Å². The summed E-state index contributed by atoms with van der Waals surface area (Å²) in [7, 11) is -0.558. The van der Waals surface area contributed by atoms with Crippen LogP contribution in [0.3, 0.4) is 0 Å². The number of methoxy groups -OCH3 is 2. The molecule has 0 aliphatic carbocycles. The molecule has 4 aromatic rings. The fourth-order valence-corrected chi connectivity index (χ4v) is 7.81. The Balaban J connectivity index is 0.00000270. The highest BCUT2D eigenvalue weighted by atomic mass is 35.5. The van der Waals surface area contributed by atoms with Gasteiger partial charge in [-0.25, -0.2) is 8.42 Å². The molecule has 6 rings (SSSR count). The third-order valence-corrected chi connectivity index (χ3v) is 10.2. The second-order valence-corrected chi connectivity index (χ2v) is 13.8. The van der Waals surface area contributed by atoms with Crippen LogP contribution in [0.4, 0.5) is 13.2 Å². The molecule has 2 fully saturated rings. The van der Waals surface area contributed by atoms with E-state index in [4.69, 9.17) is 9.47 Å². The van der Waals surface area contributed by atoms with Gasteiger partial charge in [0.1, 0.15) is 11.4 Å². The third kappa shape index (κ3) is 7.97. The van der Waals surface area contributed by atoms with Crippen molar-refractivity contribution >= 4 is 34.8 Å². The lowest BCUT2D eigenvalue weighted by atomic mass is 9.81. The summed E-state index contributed by atoms with van der Waals surface area (Å²) in [6.07, 6.45) is -3.57. The van der Waals surface area contributed by atoms with Crippen LogP contribution in [0, 0.1) is 0 Å². The number of hydrogen-bond acceptors (Lipinski definition) is 9. The smallest absolute Gasteiger partial charge is 0.453 e. The number of fused-ring (bicyclic) bond motifs is 1. The molecule has 266 valence electrons. The van der Waals surface area contributed by atoms with Gasteiger partial charge in [0.15, 0.2) is 5.75 Å². The third-order valence-electron chi connectivity index (χ3n) is 8.96. The Kier molecular flexibility index (Phi) is 12.2. The maximum atomic E-state index is 13.8. The summed E-state index contributed by atoms with van der Waals surface area (Å²) >= 11 is 0. The minimum atomic E-state index is -4.80. The van der Waals surface area contributed by atoms with Gasteiger partial charge in [-0.05, 0) is 33.7 Å². The van der Waals surface area contributed by atoms with Crippen LogP contribution in [-0.4, -0.2) is 108 Å². The summed E-state index contributed by atoms with van der Waals surface area (Å²) in [5.41, 5.74) is 2.80. The molecule has 17 heteroatoms. The Morgan fingerprint density at radius 1 is 0.878 bits per heavy atom. The summed E-state index contributed by atoms with van der Waals surface area (Å²) < 4.78 is 80.3. The molecule has 0 amide bonds. The maximum absolute atomic E-state index is 13.8. The number of tetrazole rings is 1. The first-order valence-electron chi connectivity index (χ1n) is 15.1. The predicted molar refractivity (Wildman–Crippen MR) is 182 cm³/mol. The van der Waals surface area contributed by atoms with E-state index < -0.39 is 22.0 Å². The summed E-state index contributed by atoms with van der Waals surface area (Å²) in [6, 6.07) is 23.2. The molecule has 2 aliphatic heterocycles. The van der Waals surface area contributed by atoms with E-state index in [1.165, 1.54) is 30.8 Å². The Morgan fingerprint density at radius 3 is 2.06 bits per heavy atom. The standard InChI is InChI=1S/C32H36F3N7O4S.2ClH/c1-45-28-15-14-26(42-31(32(33,34)35)36-37-38-42)30(46-2)25(28)20-39-18-24-19-40(47(3,43)44)16-17-41(24)27(21-39)29(22-10-6-4-7-11-22)23-12-8-5-9-13-23;;/h4-15,24,27,29H,16-21H2,1-3H3;2*1H/t24-,27?;;/m1../s1. The van der Waals surface area contributed by atoms with Crippen molar-refractivity contribution in [2.45, 2.75) is 30.7 Å². The zero-order valence-electron chi connectivity index (χ0n) is 27.0. The Bertz CT molecular complexity index is 1760. The normalized spacial score (nSPS) is 19.1. The largest absolute Gasteiger partial charge is 0.496 e. The summed E-state index contributed by atoms with van der Waals surface area (Å²) in [6.45, 7) is 2.61. The number of aromatic nitrogens is 4. The summed E-state index contributed by atoms with van der Waals surface area (Å²) in [4.78, 5) is 4.62. The van der Waals surface area contributed by atoms with Gasteiger partial charge in [-0.1, -0.05) is 60.7 Å². The van der Waals surface area contributed by atoms with E-state index in [0.29, 0.717) is 48.7 Å². The van der Waals surface area contributed by atoms with Crippen LogP contribution >= 0.6 is 24.8 Å². The van der Waals surface area contributed by atoms with Crippen LogP contribution < -0.4 is 9.47 Å². The number of sulfonamides is 1. The van der Waals surface area contributed by atoms with Crippen molar-refractivity contribution < 1.29 is 31.1 Å². The van der Waals surface area contributed by atoms with E-state index in [-0.39, 0.29) is 60.8 Å². The molecule has 0 spiro atoms. The molecular formula is C32H38Cl2F3N7O4S. The second kappa shape index (κ2) is 15.6. The molecule has 2 atom stereocenters. The van der Waals surface area contributed by atoms with Crippen molar-refractivity contribution in [1.29, 1.82) is 0 Å². The first kappa shape index (κ1) is 38.3. The molecule has 2 saturated heterocycles. The highest BCUT2D eigenvalue weighted by molar-refractivity contribution is 7.88. The Hall–Kier alpha value is -3.47. The minimum absolute atomic E-state index is 0. The lowest BCUT2D eigenvalue weighted by Crippen LogP contribution is -2.67. The first-order valence-corrected chi connectivity index (χ1v) is 17.0.